The topological polar surface area (TPSA) is 186 Å². The van der Waals surface area contributed by atoms with Crippen molar-refractivity contribution < 1.29 is 39.6 Å². The normalized spacial score (nSPS) is 27.4. The smallest absolute Gasteiger partial charge is 0.255 e. The summed E-state index contributed by atoms with van der Waals surface area (Å²) in [5.41, 5.74) is 2.85. The molecular weight excluding hydrogens is 484 g/mol. The number of aromatic hydroxyl groups is 1. The van der Waals surface area contributed by atoms with Crippen molar-refractivity contribution in [3.05, 3.63) is 45.4 Å². The Bertz CT molecular complexity index is 1310. The number of amides is 1. The molecule has 1 aromatic carbocycles. The standard InChI is InChI=1S/C25H30N4O8/c1-28(2)14-8-11(9-27-37-5)19(30)16-12(14)6-10-7-13-18(29(3)4)21(32)17(24(26)35)23(34)25(13,36)22(33)15(10)20(16)31/h8-10,13,18,30,32-33,36H,6-7H2,1-5H3,(H2,26,35)/t10-,13-,18-,25-/m0/s1. The van der Waals surface area contributed by atoms with Crippen LogP contribution in [0.5, 0.6) is 5.75 Å². The molecule has 0 unspecified atom stereocenters. The maximum Gasteiger partial charge on any atom is 0.255 e. The molecule has 3 aliphatic rings. The number of hydrogen-bond acceptors (Lipinski definition) is 11. The van der Waals surface area contributed by atoms with Gasteiger partial charge in [0.15, 0.2) is 11.4 Å². The number of nitrogens with two attached hydrogens (primary N) is 1. The lowest BCUT2D eigenvalue weighted by molar-refractivity contribution is -0.148. The van der Waals surface area contributed by atoms with E-state index in [1.165, 1.54) is 18.2 Å². The van der Waals surface area contributed by atoms with Gasteiger partial charge in [-0.3, -0.25) is 19.3 Å². The van der Waals surface area contributed by atoms with E-state index in [-0.39, 0.29) is 29.5 Å². The number of benzene rings is 1. The zero-order valence-electron chi connectivity index (χ0n) is 21.1. The quantitative estimate of drug-likeness (QED) is 0.206. The second-order valence-corrected chi connectivity index (χ2v) is 9.96. The van der Waals surface area contributed by atoms with E-state index in [2.05, 4.69) is 5.16 Å². The van der Waals surface area contributed by atoms with Crippen molar-refractivity contribution in [1.82, 2.24) is 4.90 Å². The van der Waals surface area contributed by atoms with Crippen LogP contribution in [0.1, 0.15) is 27.9 Å². The van der Waals surface area contributed by atoms with Gasteiger partial charge in [0, 0.05) is 36.8 Å². The van der Waals surface area contributed by atoms with Crippen molar-refractivity contribution >= 4 is 29.4 Å². The van der Waals surface area contributed by atoms with Gasteiger partial charge >= 0.3 is 0 Å². The van der Waals surface area contributed by atoms with E-state index in [9.17, 15) is 34.8 Å². The summed E-state index contributed by atoms with van der Waals surface area (Å²) in [5, 5.41) is 48.5. The van der Waals surface area contributed by atoms with E-state index in [0.717, 1.165) is 0 Å². The molecule has 4 atom stereocenters. The van der Waals surface area contributed by atoms with Gasteiger partial charge in [0.2, 0.25) is 5.78 Å². The maximum atomic E-state index is 13.8. The van der Waals surface area contributed by atoms with Gasteiger partial charge in [0.05, 0.1) is 17.8 Å². The number of aliphatic hydroxyl groups is 3. The van der Waals surface area contributed by atoms with Crippen LogP contribution in [0.2, 0.25) is 0 Å². The number of phenols is 1. The SMILES string of the molecule is CON=Cc1cc(N(C)C)c2c(c1O)C(=O)C1=C(O)[C@]3(O)C(=O)C(C(N)=O)=C(O)[C@@H](N(C)C)[C@@H]3C[C@@H]1C2. The van der Waals surface area contributed by atoms with E-state index >= 15 is 0 Å². The third-order valence-electron chi connectivity index (χ3n) is 7.51. The molecule has 0 bridgehead atoms. The lowest BCUT2D eigenvalue weighted by atomic mass is 9.58. The molecule has 0 fully saturated rings. The summed E-state index contributed by atoms with van der Waals surface area (Å²) in [6, 6.07) is 0.609. The van der Waals surface area contributed by atoms with Crippen LogP contribution in [0, 0.1) is 11.8 Å². The van der Waals surface area contributed by atoms with Gasteiger partial charge in [0.25, 0.3) is 5.91 Å². The van der Waals surface area contributed by atoms with E-state index in [0.29, 0.717) is 11.3 Å². The number of ketones is 2. The number of oxime groups is 1. The Morgan fingerprint density at radius 2 is 1.86 bits per heavy atom. The van der Waals surface area contributed by atoms with Gasteiger partial charge in [-0.05, 0) is 44.5 Å². The molecule has 0 radical (unpaired) electrons. The predicted octanol–water partition coefficient (Wildman–Crippen LogP) is 0.167. The molecule has 12 nitrogen and oxygen atoms in total. The van der Waals surface area contributed by atoms with Crippen LogP contribution in [0.3, 0.4) is 0 Å². The number of aliphatic hydroxyl groups excluding tert-OH is 2. The Morgan fingerprint density at radius 1 is 1.22 bits per heavy atom. The number of rotatable bonds is 5. The van der Waals surface area contributed by atoms with Gasteiger partial charge in [-0.25, -0.2) is 0 Å². The number of carbonyl (C=O) groups is 3. The zero-order chi connectivity index (χ0) is 27.6. The Balaban J connectivity index is 1.99. The van der Waals surface area contributed by atoms with Crippen molar-refractivity contribution in [2.24, 2.45) is 22.7 Å². The molecule has 1 aromatic rings. The van der Waals surface area contributed by atoms with Crippen molar-refractivity contribution in [2.75, 3.05) is 40.2 Å². The van der Waals surface area contributed by atoms with Gasteiger partial charge in [-0.2, -0.15) is 0 Å². The Morgan fingerprint density at radius 3 is 2.41 bits per heavy atom. The fourth-order valence-corrected chi connectivity index (χ4v) is 5.93. The first-order valence-corrected chi connectivity index (χ1v) is 11.6. The van der Waals surface area contributed by atoms with Crippen LogP contribution >= 0.6 is 0 Å². The molecule has 1 amide bonds. The summed E-state index contributed by atoms with van der Waals surface area (Å²) in [7, 11) is 8.03. The van der Waals surface area contributed by atoms with Crippen LogP contribution in [-0.4, -0.2) is 96.0 Å². The highest BCUT2D eigenvalue weighted by Gasteiger charge is 2.63. The summed E-state index contributed by atoms with van der Waals surface area (Å²) in [6.45, 7) is 0. The highest BCUT2D eigenvalue weighted by molar-refractivity contribution is 6.25. The minimum atomic E-state index is -2.68. The molecule has 3 aliphatic carbocycles. The number of nitrogens with zero attached hydrogens (tertiary/aromatic N) is 3. The minimum absolute atomic E-state index is 0.0201. The third-order valence-corrected chi connectivity index (χ3v) is 7.51. The largest absolute Gasteiger partial charge is 0.510 e. The third kappa shape index (κ3) is 3.58. The fraction of sp³-hybridized carbons (Fsp3) is 0.440. The summed E-state index contributed by atoms with van der Waals surface area (Å²) >= 11 is 0. The highest BCUT2D eigenvalue weighted by atomic mass is 16.6. The van der Waals surface area contributed by atoms with Crippen molar-refractivity contribution in [3.63, 3.8) is 0 Å². The molecule has 0 spiro atoms. The first-order chi connectivity index (χ1) is 17.3. The molecule has 0 saturated heterocycles. The lowest BCUT2D eigenvalue weighted by Gasteiger charge is -2.50. The Labute approximate surface area is 212 Å². The molecule has 0 saturated carbocycles. The van der Waals surface area contributed by atoms with Gasteiger partial charge in [-0.15, -0.1) is 0 Å². The summed E-state index contributed by atoms with van der Waals surface area (Å²) in [5.74, 6) is -6.95. The first kappa shape index (κ1) is 26.2. The van der Waals surface area contributed by atoms with E-state index in [4.69, 9.17) is 10.6 Å². The van der Waals surface area contributed by atoms with Gasteiger partial charge < -0.3 is 35.9 Å². The second-order valence-electron chi connectivity index (χ2n) is 9.96. The Kier molecular flexibility index (Phi) is 6.29. The van der Waals surface area contributed by atoms with Crippen LogP contribution in [0.4, 0.5) is 5.69 Å². The number of anilines is 1. The molecule has 12 heteroatoms. The van der Waals surface area contributed by atoms with Crippen molar-refractivity contribution in [1.29, 1.82) is 0 Å². The number of allylic oxidation sites excluding steroid dienone is 1. The van der Waals surface area contributed by atoms with E-state index in [1.54, 1.807) is 39.2 Å². The van der Waals surface area contributed by atoms with Crippen LogP contribution in [-0.2, 0) is 20.8 Å². The Hall–Kier alpha value is -3.90. The number of likely N-dealkylation sites (N-methyl/N-ethyl adjacent to an activating group) is 1. The molecule has 0 heterocycles. The summed E-state index contributed by atoms with van der Waals surface area (Å²) < 4.78 is 0. The van der Waals surface area contributed by atoms with Crippen LogP contribution < -0.4 is 10.6 Å². The molecule has 37 heavy (non-hydrogen) atoms. The van der Waals surface area contributed by atoms with E-state index in [1.807, 2.05) is 0 Å². The lowest BCUT2D eigenvalue weighted by Crippen LogP contribution is -2.63. The average Bonchev–Trinajstić information content (AvgIpc) is 2.80. The van der Waals surface area contributed by atoms with Crippen LogP contribution in [0.15, 0.2) is 33.9 Å². The molecule has 4 rings (SSSR count). The molecule has 6 N–H and O–H groups in total. The number of primary amides is 1. The molecular formula is C25H30N4O8. The summed E-state index contributed by atoms with van der Waals surface area (Å²) in [6.07, 6.45) is 1.45. The predicted molar refractivity (Wildman–Crippen MR) is 133 cm³/mol. The molecule has 0 aliphatic heterocycles. The number of carbonyl (C=O) groups excluding carboxylic acids is 3. The van der Waals surface area contributed by atoms with Crippen molar-refractivity contribution in [3.8, 4) is 5.75 Å². The first-order valence-electron chi connectivity index (χ1n) is 11.6. The second kappa shape index (κ2) is 8.89. The van der Waals surface area contributed by atoms with Crippen molar-refractivity contribution in [2.45, 2.75) is 24.5 Å². The number of Topliss-reactive ketones (excluding diaryl/α,β-unsaturated/α-hetero) is 2. The number of fused-ring (bicyclic) bond motifs is 3. The zero-order valence-corrected chi connectivity index (χ0v) is 21.1. The fourth-order valence-electron chi connectivity index (χ4n) is 5.93. The molecule has 0 aromatic heterocycles. The molecule has 198 valence electrons. The van der Waals surface area contributed by atoms with Crippen LogP contribution in [0.25, 0.3) is 0 Å². The number of phenolic OH excluding ortho intramolecular Hbond substituents is 1. The van der Waals surface area contributed by atoms with Gasteiger partial charge in [0.1, 0.15) is 30.0 Å². The summed E-state index contributed by atoms with van der Waals surface area (Å²) in [4.78, 5) is 47.2. The van der Waals surface area contributed by atoms with Gasteiger partial charge in [-0.1, -0.05) is 5.16 Å². The number of hydrogen-bond donors (Lipinski definition) is 5. The highest BCUT2D eigenvalue weighted by Crippen LogP contribution is 2.53. The monoisotopic (exact) mass is 514 g/mol. The van der Waals surface area contributed by atoms with E-state index < -0.39 is 63.8 Å². The average molecular weight is 515 g/mol. The maximum absolute atomic E-state index is 13.8. The minimum Gasteiger partial charge on any atom is -0.510 e.